The Balaban J connectivity index is 1.24. The van der Waals surface area contributed by atoms with Crippen LogP contribution in [-0.2, 0) is 34.4 Å². The number of aryl methyl sites for hydroxylation is 1. The number of hydrogen-bond acceptors (Lipinski definition) is 7. The van der Waals surface area contributed by atoms with Crippen LogP contribution in [0.25, 0.3) is 11.0 Å². The van der Waals surface area contributed by atoms with E-state index in [1.807, 2.05) is 48.5 Å². The van der Waals surface area contributed by atoms with Crippen molar-refractivity contribution in [3.8, 4) is 0 Å². The van der Waals surface area contributed by atoms with Crippen LogP contribution in [0.15, 0.2) is 42.7 Å². The van der Waals surface area contributed by atoms with Crippen LogP contribution >= 0.6 is 0 Å². The highest BCUT2D eigenvalue weighted by Gasteiger charge is 2.41. The Hall–Kier alpha value is -3.86. The molecule has 4 heterocycles. The smallest absolute Gasteiger partial charge is 0.243 e. The number of nitrogens with two attached hydrogens (primary N) is 1. The van der Waals surface area contributed by atoms with E-state index in [-0.39, 0.29) is 36.5 Å². The second kappa shape index (κ2) is 11.9. The molecule has 2 aromatic heterocycles. The number of likely N-dealkylation sites (tertiary alicyclic amines) is 2. The van der Waals surface area contributed by atoms with Crippen LogP contribution in [0.5, 0.6) is 0 Å². The van der Waals surface area contributed by atoms with Gasteiger partial charge in [0.25, 0.3) is 0 Å². The summed E-state index contributed by atoms with van der Waals surface area (Å²) >= 11 is 0. The van der Waals surface area contributed by atoms with E-state index in [1.165, 1.54) is 0 Å². The Morgan fingerprint density at radius 2 is 1.97 bits per heavy atom. The monoisotopic (exact) mass is 532 g/mol. The van der Waals surface area contributed by atoms with Crippen LogP contribution < -0.4 is 11.1 Å². The summed E-state index contributed by atoms with van der Waals surface area (Å²) in [6.07, 6.45) is 7.34. The molecule has 0 radical (unpaired) electrons. The third-order valence-corrected chi connectivity index (χ3v) is 7.81. The Morgan fingerprint density at radius 3 is 2.74 bits per heavy atom. The van der Waals surface area contributed by atoms with Crippen molar-refractivity contribution in [2.45, 2.75) is 57.2 Å². The summed E-state index contributed by atoms with van der Waals surface area (Å²) in [5, 5.41) is 11.2. The number of carbonyl (C=O) groups is 3. The summed E-state index contributed by atoms with van der Waals surface area (Å²) in [4.78, 5) is 47.0. The number of rotatable bonds is 9. The van der Waals surface area contributed by atoms with Crippen LogP contribution in [0.3, 0.4) is 0 Å². The van der Waals surface area contributed by atoms with Crippen LogP contribution in [0.1, 0.15) is 43.2 Å². The fourth-order valence-electron chi connectivity index (χ4n) is 5.66. The molecule has 39 heavy (non-hydrogen) atoms. The van der Waals surface area contributed by atoms with Gasteiger partial charge >= 0.3 is 0 Å². The summed E-state index contributed by atoms with van der Waals surface area (Å²) in [6.45, 7) is 2.30. The molecule has 3 amide bonds. The number of nitrogens with one attached hydrogen (secondary N) is 1. The largest absolute Gasteiger partial charge is 0.350 e. The Bertz CT molecular complexity index is 1320. The van der Waals surface area contributed by atoms with E-state index in [0.717, 1.165) is 48.1 Å². The van der Waals surface area contributed by atoms with Gasteiger partial charge in [-0.05, 0) is 67.3 Å². The number of nitrogens with zero attached hydrogens (tertiary/aromatic N) is 6. The lowest BCUT2D eigenvalue weighted by molar-refractivity contribution is -0.140. The van der Waals surface area contributed by atoms with Gasteiger partial charge in [-0.3, -0.25) is 19.4 Å². The van der Waals surface area contributed by atoms with E-state index in [0.29, 0.717) is 25.9 Å². The molecule has 11 nitrogen and oxygen atoms in total. The van der Waals surface area contributed by atoms with Crippen molar-refractivity contribution in [2.24, 2.45) is 18.7 Å². The van der Waals surface area contributed by atoms with Gasteiger partial charge in [0.05, 0.1) is 11.6 Å². The van der Waals surface area contributed by atoms with Gasteiger partial charge < -0.3 is 20.9 Å². The highest BCUT2D eigenvalue weighted by Crippen LogP contribution is 2.28. The Kier molecular flexibility index (Phi) is 8.16. The van der Waals surface area contributed by atoms with Crippen molar-refractivity contribution in [3.05, 3.63) is 53.9 Å². The third-order valence-electron chi connectivity index (χ3n) is 7.81. The minimum absolute atomic E-state index is 0.0426. The number of pyridine rings is 1. The van der Waals surface area contributed by atoms with Crippen LogP contribution in [-0.4, -0.2) is 79.2 Å². The molecule has 0 saturated carbocycles. The van der Waals surface area contributed by atoms with Crippen molar-refractivity contribution in [1.29, 1.82) is 0 Å². The molecular formula is C28H36N8O3. The molecule has 2 saturated heterocycles. The predicted octanol–water partition coefficient (Wildman–Crippen LogP) is 1.17. The number of carbonyl (C=O) groups excluding carboxylic acids is 3. The lowest BCUT2D eigenvalue weighted by atomic mass is 9.97. The van der Waals surface area contributed by atoms with Gasteiger partial charge in [-0.25, -0.2) is 4.68 Å². The second-order valence-electron chi connectivity index (χ2n) is 10.7. The average Bonchev–Trinajstić information content (AvgIpc) is 3.71. The zero-order chi connectivity index (χ0) is 27.4. The molecule has 1 aromatic carbocycles. The molecule has 0 aliphatic carbocycles. The maximum Gasteiger partial charge on any atom is 0.243 e. The van der Waals surface area contributed by atoms with Crippen LogP contribution in [0.4, 0.5) is 0 Å². The van der Waals surface area contributed by atoms with Crippen molar-refractivity contribution < 1.29 is 14.4 Å². The van der Waals surface area contributed by atoms with E-state index >= 15 is 0 Å². The summed E-state index contributed by atoms with van der Waals surface area (Å²) in [7, 11) is 1.83. The van der Waals surface area contributed by atoms with E-state index in [9.17, 15) is 14.4 Å². The quantitative estimate of drug-likeness (QED) is 0.422. The molecule has 2 aliphatic heterocycles. The van der Waals surface area contributed by atoms with Gasteiger partial charge in [0.1, 0.15) is 11.6 Å². The minimum Gasteiger partial charge on any atom is -0.350 e. The fraction of sp³-hybridized carbons (Fsp3) is 0.500. The summed E-state index contributed by atoms with van der Waals surface area (Å²) < 4.78 is 1.70. The predicted molar refractivity (Wildman–Crippen MR) is 145 cm³/mol. The molecule has 11 heteroatoms. The molecule has 3 atom stereocenters. The molecule has 0 bridgehead atoms. The molecule has 2 aliphatic rings. The van der Waals surface area contributed by atoms with Crippen molar-refractivity contribution in [3.63, 3.8) is 0 Å². The van der Waals surface area contributed by atoms with Crippen LogP contribution in [0, 0.1) is 5.92 Å². The topological polar surface area (TPSA) is 139 Å². The highest BCUT2D eigenvalue weighted by atomic mass is 16.2. The van der Waals surface area contributed by atoms with E-state index in [1.54, 1.807) is 15.8 Å². The lowest BCUT2D eigenvalue weighted by Gasteiger charge is -2.27. The van der Waals surface area contributed by atoms with Gasteiger partial charge in [0.2, 0.25) is 17.7 Å². The normalized spacial score (nSPS) is 19.9. The first kappa shape index (κ1) is 26.7. The van der Waals surface area contributed by atoms with E-state index in [4.69, 9.17) is 5.73 Å². The van der Waals surface area contributed by atoms with Crippen molar-refractivity contribution in [1.82, 2.24) is 35.1 Å². The molecule has 0 unspecified atom stereocenters. The summed E-state index contributed by atoms with van der Waals surface area (Å²) in [5.41, 5.74) is 9.94. The van der Waals surface area contributed by atoms with Gasteiger partial charge in [-0.15, -0.1) is 5.10 Å². The average molecular weight is 533 g/mol. The highest BCUT2D eigenvalue weighted by molar-refractivity contribution is 5.90. The number of fused-ring (bicyclic) bond motifs is 1. The molecule has 206 valence electrons. The standard InChI is InChI=1S/C28H36N8O3/c1-34-24-8-6-20(14-23(24)32-33-34)17-31-27(38)25-15-21(13-19-5-4-10-30-16-19)18-36(25)28(39)22(29)7-9-26(37)35-11-2-3-12-35/h4-6,8,10,14,16,21-22,25H,2-3,7,9,11-13,15,17-18,29H2,1H3,(H,31,38)/t21-,22-,25+/m1/s1. The fourth-order valence-corrected chi connectivity index (χ4v) is 5.66. The Labute approximate surface area is 227 Å². The molecule has 5 rings (SSSR count). The molecule has 0 spiro atoms. The first-order valence-electron chi connectivity index (χ1n) is 13.7. The zero-order valence-electron chi connectivity index (χ0n) is 22.3. The van der Waals surface area contributed by atoms with Crippen molar-refractivity contribution >= 4 is 28.8 Å². The lowest BCUT2D eigenvalue weighted by Crippen LogP contribution is -2.51. The first-order valence-corrected chi connectivity index (χ1v) is 13.7. The molecular weight excluding hydrogens is 496 g/mol. The van der Waals surface area contributed by atoms with E-state index in [2.05, 4.69) is 20.6 Å². The number of hydrogen-bond donors (Lipinski definition) is 2. The zero-order valence-corrected chi connectivity index (χ0v) is 22.3. The summed E-state index contributed by atoms with van der Waals surface area (Å²) in [6, 6.07) is 8.20. The third kappa shape index (κ3) is 6.25. The SMILES string of the molecule is Cn1nnc2cc(CNC(=O)[C@@H]3C[C@@H](Cc4cccnc4)CN3C(=O)[C@H](N)CCC(=O)N3CCCC3)ccc21. The molecule has 3 aromatic rings. The van der Waals surface area contributed by atoms with E-state index < -0.39 is 12.1 Å². The number of benzene rings is 1. The number of amides is 3. The van der Waals surface area contributed by atoms with Gasteiger partial charge in [0, 0.05) is 52.0 Å². The maximum absolute atomic E-state index is 13.5. The first-order chi connectivity index (χ1) is 18.9. The molecule has 2 fully saturated rings. The van der Waals surface area contributed by atoms with Gasteiger partial charge in [-0.1, -0.05) is 17.3 Å². The maximum atomic E-state index is 13.5. The number of aromatic nitrogens is 4. The minimum atomic E-state index is -0.831. The van der Waals surface area contributed by atoms with Crippen LogP contribution in [0.2, 0.25) is 0 Å². The Morgan fingerprint density at radius 1 is 1.15 bits per heavy atom. The summed E-state index contributed by atoms with van der Waals surface area (Å²) in [5.74, 6) is -0.347. The molecule has 3 N–H and O–H groups in total. The second-order valence-corrected chi connectivity index (χ2v) is 10.7. The van der Waals surface area contributed by atoms with Gasteiger partial charge in [0.15, 0.2) is 0 Å². The van der Waals surface area contributed by atoms with Gasteiger partial charge in [-0.2, -0.15) is 0 Å². The van der Waals surface area contributed by atoms with Crippen molar-refractivity contribution in [2.75, 3.05) is 19.6 Å².